The molecule has 206 valence electrons. The molecule has 39 heavy (non-hydrogen) atoms. The number of fused-ring (bicyclic) bond motifs is 1. The average molecular weight is 550 g/mol. The van der Waals surface area contributed by atoms with Gasteiger partial charge in [-0.1, -0.05) is 17.3 Å². The number of nitrogens with zero attached hydrogens (tertiary/aromatic N) is 6. The Labute approximate surface area is 234 Å². The van der Waals surface area contributed by atoms with E-state index >= 15 is 0 Å². The zero-order chi connectivity index (χ0) is 25.7. The number of likely N-dealkylation sites (tertiary alicyclic amines) is 1. The van der Waals surface area contributed by atoms with Gasteiger partial charge in [0.15, 0.2) is 0 Å². The highest BCUT2D eigenvalue weighted by molar-refractivity contribution is 6.05. The van der Waals surface area contributed by atoms with Crippen LogP contribution in [0, 0.1) is 0 Å². The van der Waals surface area contributed by atoms with Gasteiger partial charge >= 0.3 is 0 Å². The van der Waals surface area contributed by atoms with Crippen LogP contribution in [0.1, 0.15) is 35.4 Å². The number of amides is 1. The van der Waals surface area contributed by atoms with E-state index in [1.54, 1.807) is 0 Å². The topological polar surface area (TPSA) is 107 Å². The number of rotatable bonds is 9. The average Bonchev–Trinajstić information content (AvgIpc) is 3.71. The molecule has 0 spiro atoms. The van der Waals surface area contributed by atoms with Crippen molar-refractivity contribution >= 4 is 35.0 Å². The first-order valence-corrected chi connectivity index (χ1v) is 13.7. The molecule has 0 atom stereocenters. The Morgan fingerprint density at radius 3 is 2.54 bits per heavy atom. The zero-order valence-electron chi connectivity index (χ0n) is 22.1. The molecule has 2 aromatic heterocycles. The van der Waals surface area contributed by atoms with Gasteiger partial charge in [0, 0.05) is 56.1 Å². The van der Waals surface area contributed by atoms with E-state index in [4.69, 9.17) is 4.98 Å². The number of halogens is 1. The number of nitrogens with one attached hydrogen (secondary N) is 3. The first kappa shape index (κ1) is 27.3. The maximum Gasteiger partial charge on any atom is 0.255 e. The number of aromatic nitrogens is 5. The molecule has 1 amide bonds. The summed E-state index contributed by atoms with van der Waals surface area (Å²) in [4.78, 5) is 25.9. The monoisotopic (exact) mass is 549 g/mol. The minimum Gasteiger partial charge on any atom is -0.341 e. The third kappa shape index (κ3) is 6.83. The Morgan fingerprint density at radius 2 is 1.74 bits per heavy atom. The van der Waals surface area contributed by atoms with Crippen molar-refractivity contribution in [3.8, 4) is 11.3 Å². The predicted octanol–water partition coefficient (Wildman–Crippen LogP) is 3.39. The van der Waals surface area contributed by atoms with Crippen molar-refractivity contribution in [3.05, 3.63) is 60.0 Å². The lowest BCUT2D eigenvalue weighted by atomic mass is 10.1. The highest BCUT2D eigenvalue weighted by Gasteiger charge is 2.15. The van der Waals surface area contributed by atoms with Crippen LogP contribution in [0.25, 0.3) is 22.3 Å². The number of hydrogen-bond donors (Lipinski definition) is 3. The van der Waals surface area contributed by atoms with Crippen molar-refractivity contribution in [2.75, 3.05) is 51.1 Å². The van der Waals surface area contributed by atoms with E-state index in [9.17, 15) is 4.79 Å². The van der Waals surface area contributed by atoms with Crippen LogP contribution in [0.3, 0.4) is 0 Å². The minimum absolute atomic E-state index is 0. The van der Waals surface area contributed by atoms with Crippen LogP contribution in [0.4, 0.5) is 5.69 Å². The lowest BCUT2D eigenvalue weighted by Gasteiger charge is -2.26. The van der Waals surface area contributed by atoms with Gasteiger partial charge < -0.3 is 20.5 Å². The largest absolute Gasteiger partial charge is 0.341 e. The van der Waals surface area contributed by atoms with E-state index in [1.807, 2.05) is 53.3 Å². The second-order valence-corrected chi connectivity index (χ2v) is 10.2. The van der Waals surface area contributed by atoms with Crippen LogP contribution < -0.4 is 10.6 Å². The van der Waals surface area contributed by atoms with E-state index in [1.165, 1.54) is 12.8 Å². The lowest BCUT2D eigenvalue weighted by molar-refractivity contribution is 0.102. The summed E-state index contributed by atoms with van der Waals surface area (Å²) in [6, 6.07) is 13.3. The summed E-state index contributed by atoms with van der Waals surface area (Å²) in [7, 11) is 0. The summed E-state index contributed by atoms with van der Waals surface area (Å²) in [6.45, 7) is 9.39. The number of H-pyrrole nitrogens is 1. The number of aryl methyl sites for hydroxylation is 1. The number of carbonyl (C=O) groups is 1. The van der Waals surface area contributed by atoms with E-state index in [-0.39, 0.29) is 18.3 Å². The van der Waals surface area contributed by atoms with Crippen molar-refractivity contribution in [3.63, 3.8) is 0 Å². The summed E-state index contributed by atoms with van der Waals surface area (Å²) >= 11 is 0. The second kappa shape index (κ2) is 12.7. The van der Waals surface area contributed by atoms with Crippen LogP contribution in [0.5, 0.6) is 0 Å². The van der Waals surface area contributed by atoms with Gasteiger partial charge in [0.1, 0.15) is 11.5 Å². The fraction of sp³-hybridized carbons (Fsp3) is 0.429. The molecule has 3 N–H and O–H groups in total. The van der Waals surface area contributed by atoms with Crippen LogP contribution >= 0.6 is 12.4 Å². The van der Waals surface area contributed by atoms with Crippen LogP contribution in [0.2, 0.25) is 0 Å². The number of aromatic amines is 1. The Kier molecular flexibility index (Phi) is 8.88. The van der Waals surface area contributed by atoms with E-state index in [2.05, 4.69) is 35.7 Å². The minimum atomic E-state index is -0.153. The molecule has 0 radical (unpaired) electrons. The number of imidazole rings is 1. The first-order valence-electron chi connectivity index (χ1n) is 13.7. The molecular weight excluding hydrogens is 514 g/mol. The Hall–Kier alpha value is -3.31. The molecule has 4 heterocycles. The van der Waals surface area contributed by atoms with Crippen LogP contribution in [0.15, 0.2) is 48.7 Å². The van der Waals surface area contributed by atoms with Gasteiger partial charge in [-0.05, 0) is 62.7 Å². The number of benzene rings is 2. The van der Waals surface area contributed by atoms with Gasteiger partial charge in [0.05, 0.1) is 23.8 Å². The van der Waals surface area contributed by atoms with Gasteiger partial charge in [-0.3, -0.25) is 14.4 Å². The van der Waals surface area contributed by atoms with E-state index in [0.29, 0.717) is 5.56 Å². The van der Waals surface area contributed by atoms with Crippen LogP contribution in [-0.4, -0.2) is 86.5 Å². The summed E-state index contributed by atoms with van der Waals surface area (Å²) in [6.07, 6.45) is 5.54. The zero-order valence-corrected chi connectivity index (χ0v) is 22.9. The molecule has 2 fully saturated rings. The molecule has 6 rings (SSSR count). The SMILES string of the molecule is Cl.O=C(Nc1ccc2[nH]c(CN3CCCC3)nc2c1)c1ccc(-c2cn(CCCN3CCNCC3)nn2)cc1. The van der Waals surface area contributed by atoms with Crippen LogP contribution in [-0.2, 0) is 13.1 Å². The van der Waals surface area contributed by atoms with Crippen molar-refractivity contribution < 1.29 is 4.79 Å². The van der Waals surface area contributed by atoms with Gasteiger partial charge in [0.2, 0.25) is 0 Å². The number of hydrogen-bond acceptors (Lipinski definition) is 7. The van der Waals surface area contributed by atoms with Crippen molar-refractivity contribution in [2.24, 2.45) is 0 Å². The quantitative estimate of drug-likeness (QED) is 0.294. The molecular formula is C28H36ClN9O. The highest BCUT2D eigenvalue weighted by Crippen LogP contribution is 2.21. The first-order chi connectivity index (χ1) is 18.7. The van der Waals surface area contributed by atoms with Crippen molar-refractivity contribution in [1.82, 2.24) is 40.1 Å². The molecule has 2 saturated heterocycles. The summed E-state index contributed by atoms with van der Waals surface area (Å²) < 4.78 is 1.90. The van der Waals surface area contributed by atoms with Crippen molar-refractivity contribution in [2.45, 2.75) is 32.4 Å². The molecule has 0 aliphatic carbocycles. The summed E-state index contributed by atoms with van der Waals surface area (Å²) in [5.74, 6) is 0.817. The highest BCUT2D eigenvalue weighted by atomic mass is 35.5. The van der Waals surface area contributed by atoms with Crippen molar-refractivity contribution in [1.29, 1.82) is 0 Å². The van der Waals surface area contributed by atoms with Gasteiger partial charge in [-0.2, -0.15) is 0 Å². The molecule has 2 aliphatic rings. The maximum atomic E-state index is 12.9. The third-order valence-corrected chi connectivity index (χ3v) is 7.41. The Bertz CT molecular complexity index is 1370. The molecule has 2 aromatic carbocycles. The molecule has 2 aliphatic heterocycles. The van der Waals surface area contributed by atoms with Gasteiger partial charge in [-0.15, -0.1) is 17.5 Å². The lowest BCUT2D eigenvalue weighted by Crippen LogP contribution is -2.43. The molecule has 11 heteroatoms. The van der Waals surface area contributed by atoms with Gasteiger partial charge in [0.25, 0.3) is 5.91 Å². The second-order valence-electron chi connectivity index (χ2n) is 10.2. The molecule has 0 unspecified atom stereocenters. The third-order valence-electron chi connectivity index (χ3n) is 7.41. The fourth-order valence-electron chi connectivity index (χ4n) is 5.29. The maximum absolute atomic E-state index is 12.9. The van der Waals surface area contributed by atoms with E-state index < -0.39 is 0 Å². The summed E-state index contributed by atoms with van der Waals surface area (Å²) in [5.41, 5.74) is 4.93. The molecule has 4 aromatic rings. The molecule has 10 nitrogen and oxygen atoms in total. The van der Waals surface area contributed by atoms with Gasteiger partial charge in [-0.25, -0.2) is 4.98 Å². The number of carbonyl (C=O) groups excluding carboxylic acids is 1. The fourth-order valence-corrected chi connectivity index (χ4v) is 5.29. The molecule has 0 saturated carbocycles. The number of anilines is 1. The Morgan fingerprint density at radius 1 is 0.949 bits per heavy atom. The smallest absolute Gasteiger partial charge is 0.255 e. The Balaban J connectivity index is 0.00000308. The van der Waals surface area contributed by atoms with E-state index in [0.717, 1.165) is 99.1 Å². The standard InChI is InChI=1S/C28H35N9O.ClH/c38-28(30-23-8-9-24-25(18-23)32-27(31-24)20-36-12-1-2-13-36)22-6-4-21(5-7-22)26-19-37(34-33-26)15-3-14-35-16-10-29-11-17-35;/h4-9,18-19,29H,1-3,10-17,20H2,(H,30,38)(H,31,32);1H. The number of piperazine rings is 1. The normalized spacial score (nSPS) is 16.4. The molecule has 0 bridgehead atoms. The summed E-state index contributed by atoms with van der Waals surface area (Å²) in [5, 5.41) is 15.0. The predicted molar refractivity (Wildman–Crippen MR) is 155 cm³/mol.